The molecule has 1 amide bonds. The largest absolute Gasteiger partial charge is 0.416 e. The van der Waals surface area contributed by atoms with E-state index in [1.807, 2.05) is 6.92 Å². The molecule has 2 aliphatic rings. The number of alkyl halides is 3. The van der Waals surface area contributed by atoms with Crippen molar-refractivity contribution in [1.82, 2.24) is 14.5 Å². The number of amides is 1. The number of unbranched alkanes of at least 4 members (excludes halogenated alkanes) is 1. The van der Waals surface area contributed by atoms with E-state index in [-0.39, 0.29) is 29.5 Å². The van der Waals surface area contributed by atoms with Crippen molar-refractivity contribution in [3.8, 4) is 0 Å². The monoisotopic (exact) mass is 505 g/mol. The second kappa shape index (κ2) is 11.4. The fourth-order valence-corrected chi connectivity index (χ4v) is 6.47. The molecule has 1 heterocycles. The van der Waals surface area contributed by atoms with Gasteiger partial charge in [-0.25, -0.2) is 8.42 Å². The fraction of sp³-hybridized carbons (Fsp3) is 0.696. The van der Waals surface area contributed by atoms with Crippen LogP contribution in [0.1, 0.15) is 57.4 Å². The van der Waals surface area contributed by atoms with Gasteiger partial charge in [-0.3, -0.25) is 4.79 Å². The van der Waals surface area contributed by atoms with Gasteiger partial charge in [0.2, 0.25) is 15.9 Å². The molecule has 34 heavy (non-hydrogen) atoms. The first-order valence-corrected chi connectivity index (χ1v) is 13.4. The topological polar surface area (TPSA) is 89.9 Å². The molecule has 0 radical (unpaired) electrons. The maximum Gasteiger partial charge on any atom is 0.416 e. The maximum atomic E-state index is 13.4. The van der Waals surface area contributed by atoms with Crippen molar-refractivity contribution in [2.24, 2.45) is 0 Å². The normalized spacial score (nSPS) is 18.9. The van der Waals surface area contributed by atoms with Crippen LogP contribution >= 0.6 is 0 Å². The Labute approximate surface area is 199 Å². The third kappa shape index (κ3) is 6.50. The Bertz CT molecular complexity index is 922. The van der Waals surface area contributed by atoms with E-state index in [2.05, 4.69) is 5.32 Å². The number of piperidine rings is 1. The summed E-state index contributed by atoms with van der Waals surface area (Å²) in [5.74, 6) is -0.0564. The second-order valence-electron chi connectivity index (χ2n) is 9.02. The Morgan fingerprint density at radius 3 is 2.41 bits per heavy atom. The van der Waals surface area contributed by atoms with Crippen molar-refractivity contribution in [3.63, 3.8) is 0 Å². The molecule has 11 heteroatoms. The highest BCUT2D eigenvalue weighted by atomic mass is 32.2. The van der Waals surface area contributed by atoms with Gasteiger partial charge in [0.25, 0.3) is 0 Å². The average Bonchev–Trinajstić information content (AvgIpc) is 3.64. The van der Waals surface area contributed by atoms with Crippen LogP contribution in [0.25, 0.3) is 0 Å². The van der Waals surface area contributed by atoms with E-state index in [1.165, 1.54) is 10.4 Å². The molecule has 3 rings (SSSR count). The van der Waals surface area contributed by atoms with E-state index >= 15 is 0 Å². The van der Waals surface area contributed by atoms with Crippen LogP contribution < -0.4 is 5.32 Å². The van der Waals surface area contributed by atoms with Crippen molar-refractivity contribution in [1.29, 1.82) is 0 Å². The number of carbonyl (C=O) groups is 1. The lowest BCUT2D eigenvalue weighted by atomic mass is 10.0. The van der Waals surface area contributed by atoms with Crippen molar-refractivity contribution in [3.05, 3.63) is 29.8 Å². The van der Waals surface area contributed by atoms with Crippen LogP contribution in [0.4, 0.5) is 13.2 Å². The first kappa shape index (κ1) is 26.9. The predicted octanol–water partition coefficient (Wildman–Crippen LogP) is 2.99. The Balaban J connectivity index is 1.72. The number of likely N-dealkylation sites (tertiary alicyclic amines) is 1. The third-order valence-corrected chi connectivity index (χ3v) is 8.43. The highest BCUT2D eigenvalue weighted by Gasteiger charge is 2.44. The number of aliphatic hydroxyl groups excluding tert-OH is 1. The first-order chi connectivity index (χ1) is 16.1. The minimum Gasteiger partial charge on any atom is -0.395 e. The molecule has 1 atom stereocenters. The summed E-state index contributed by atoms with van der Waals surface area (Å²) in [5.41, 5.74) is -0.988. The lowest BCUT2D eigenvalue weighted by molar-refractivity contribution is -0.137. The van der Waals surface area contributed by atoms with Crippen LogP contribution in [-0.4, -0.2) is 73.0 Å². The summed E-state index contributed by atoms with van der Waals surface area (Å²) < 4.78 is 67.7. The zero-order valence-electron chi connectivity index (χ0n) is 19.4. The van der Waals surface area contributed by atoms with Crippen LogP contribution in [-0.2, 0) is 21.0 Å². The highest BCUT2D eigenvalue weighted by molar-refractivity contribution is 7.89. The smallest absolute Gasteiger partial charge is 0.395 e. The lowest BCUT2D eigenvalue weighted by Gasteiger charge is -2.39. The van der Waals surface area contributed by atoms with E-state index in [4.69, 9.17) is 5.11 Å². The van der Waals surface area contributed by atoms with Crippen LogP contribution in [0, 0.1) is 0 Å². The number of aliphatic hydroxyl groups is 1. The van der Waals surface area contributed by atoms with Crippen LogP contribution in [0.5, 0.6) is 0 Å². The van der Waals surface area contributed by atoms with Gasteiger partial charge in [0.05, 0.1) is 23.1 Å². The summed E-state index contributed by atoms with van der Waals surface area (Å²) >= 11 is 0. The van der Waals surface area contributed by atoms with Crippen LogP contribution in [0.15, 0.2) is 29.2 Å². The third-order valence-electron chi connectivity index (χ3n) is 6.43. The molecule has 1 aromatic rings. The molecule has 1 saturated carbocycles. The Hall–Kier alpha value is -1.69. The van der Waals surface area contributed by atoms with Crippen molar-refractivity contribution < 1.29 is 31.5 Å². The minimum absolute atomic E-state index is 0.0564. The molecule has 0 spiro atoms. The van der Waals surface area contributed by atoms with Crippen LogP contribution in [0.2, 0.25) is 0 Å². The second-order valence-corrected chi connectivity index (χ2v) is 10.9. The van der Waals surface area contributed by atoms with E-state index < -0.39 is 27.8 Å². The molecular weight excluding hydrogens is 471 g/mol. The minimum atomic E-state index is -4.62. The molecule has 1 aliphatic heterocycles. The van der Waals surface area contributed by atoms with Gasteiger partial charge < -0.3 is 15.3 Å². The van der Waals surface area contributed by atoms with Gasteiger partial charge in [0, 0.05) is 31.7 Å². The van der Waals surface area contributed by atoms with Crippen LogP contribution in [0.3, 0.4) is 0 Å². The molecule has 7 nitrogen and oxygen atoms in total. The standard InChI is InChI=1S/C23H34F3N3O4S/c1-2-3-7-21(27-12-15-30)22(31)28-13-10-19(11-14-28)29(18-8-9-18)34(32,33)20-6-4-5-17(16-20)23(24,25)26/h4-6,16,18-19,21,27,30H,2-3,7-15H2,1H3. The van der Waals surface area contributed by atoms with Gasteiger partial charge in [0.1, 0.15) is 0 Å². The quantitative estimate of drug-likeness (QED) is 0.483. The number of halogens is 3. The summed E-state index contributed by atoms with van der Waals surface area (Å²) in [4.78, 5) is 14.4. The van der Waals surface area contributed by atoms with Crippen molar-refractivity contribution in [2.75, 3.05) is 26.2 Å². The number of hydrogen-bond acceptors (Lipinski definition) is 5. The molecule has 2 N–H and O–H groups in total. The molecule has 0 aromatic heterocycles. The van der Waals surface area contributed by atoms with E-state index in [1.54, 1.807) is 4.90 Å². The van der Waals surface area contributed by atoms with Gasteiger partial charge in [-0.2, -0.15) is 17.5 Å². The number of sulfonamides is 1. The highest BCUT2D eigenvalue weighted by Crippen LogP contribution is 2.38. The summed E-state index contributed by atoms with van der Waals surface area (Å²) in [6.45, 7) is 3.06. The molecule has 2 fully saturated rings. The molecule has 1 aliphatic carbocycles. The van der Waals surface area contributed by atoms with Gasteiger partial charge in [-0.05, 0) is 50.3 Å². The SMILES string of the molecule is CCCCC(NCCO)C(=O)N1CCC(N(C2CC2)S(=O)(=O)c2cccc(C(F)(F)F)c2)CC1. The summed E-state index contributed by atoms with van der Waals surface area (Å²) in [6.07, 6.45) is 0.0741. The number of hydrogen-bond donors (Lipinski definition) is 2. The lowest BCUT2D eigenvalue weighted by Crippen LogP contribution is -2.53. The molecule has 0 bridgehead atoms. The van der Waals surface area contributed by atoms with Gasteiger partial charge >= 0.3 is 6.18 Å². The number of carbonyl (C=O) groups excluding carboxylic acids is 1. The van der Waals surface area contributed by atoms with Crippen molar-refractivity contribution in [2.45, 2.75) is 81.1 Å². The summed E-state index contributed by atoms with van der Waals surface area (Å²) in [7, 11) is -4.11. The Morgan fingerprint density at radius 2 is 1.85 bits per heavy atom. The molecule has 192 valence electrons. The summed E-state index contributed by atoms with van der Waals surface area (Å²) in [6, 6.07) is 2.93. The van der Waals surface area contributed by atoms with Gasteiger partial charge in [-0.15, -0.1) is 0 Å². The molecule has 1 saturated heterocycles. The van der Waals surface area contributed by atoms with Gasteiger partial charge in [-0.1, -0.05) is 25.8 Å². The zero-order chi connectivity index (χ0) is 24.9. The van der Waals surface area contributed by atoms with E-state index in [0.717, 1.165) is 25.0 Å². The first-order valence-electron chi connectivity index (χ1n) is 11.9. The van der Waals surface area contributed by atoms with E-state index in [0.29, 0.717) is 57.8 Å². The van der Waals surface area contributed by atoms with Crippen molar-refractivity contribution >= 4 is 15.9 Å². The number of nitrogens with zero attached hydrogens (tertiary/aromatic N) is 2. The molecular formula is C23H34F3N3O4S. The number of rotatable bonds is 11. The maximum absolute atomic E-state index is 13.4. The fourth-order valence-electron chi connectivity index (χ4n) is 4.50. The molecule has 1 unspecified atom stereocenters. The summed E-state index contributed by atoms with van der Waals surface area (Å²) in [5, 5.41) is 12.2. The average molecular weight is 506 g/mol. The Morgan fingerprint density at radius 1 is 1.21 bits per heavy atom. The van der Waals surface area contributed by atoms with Gasteiger partial charge in [0.15, 0.2) is 0 Å². The zero-order valence-corrected chi connectivity index (χ0v) is 20.2. The van der Waals surface area contributed by atoms with E-state index in [9.17, 15) is 26.4 Å². The molecule has 1 aromatic carbocycles. The number of nitrogens with one attached hydrogen (secondary N) is 1. The Kier molecular flexibility index (Phi) is 8.99. The number of benzene rings is 1. The predicted molar refractivity (Wildman–Crippen MR) is 121 cm³/mol.